The zero-order valence-electron chi connectivity index (χ0n) is 20.2. The number of carbonyl (C=O) groups is 2. The molecule has 0 saturated heterocycles. The molecule has 3 aromatic rings. The van der Waals surface area contributed by atoms with Crippen LogP contribution in [0, 0.1) is 13.8 Å². The maximum atomic E-state index is 13.6. The van der Waals surface area contributed by atoms with Crippen LogP contribution >= 0.6 is 23.2 Å². The lowest BCUT2D eigenvalue weighted by molar-refractivity contribution is -0.142. The summed E-state index contributed by atoms with van der Waals surface area (Å²) in [6, 6.07) is 19.7. The minimum Gasteiger partial charge on any atom is -0.483 e. The molecule has 184 valence electrons. The number of hydrogen-bond acceptors (Lipinski definition) is 3. The van der Waals surface area contributed by atoms with E-state index in [-0.39, 0.29) is 25.0 Å². The number of halogens is 2. The quantitative estimate of drug-likeness (QED) is 0.375. The second kappa shape index (κ2) is 12.6. The third kappa shape index (κ3) is 7.23. The van der Waals surface area contributed by atoms with Crippen LogP contribution in [0.1, 0.15) is 29.2 Å². The Hall–Kier alpha value is -3.02. The Kier molecular flexibility index (Phi) is 9.58. The Balaban J connectivity index is 1.94. The minimum atomic E-state index is -0.751. The van der Waals surface area contributed by atoms with Crippen molar-refractivity contribution in [3.8, 4) is 5.75 Å². The van der Waals surface area contributed by atoms with Crippen molar-refractivity contribution >= 4 is 35.0 Å². The topological polar surface area (TPSA) is 58.6 Å². The Bertz CT molecular complexity index is 1170. The molecular weight excluding hydrogens is 483 g/mol. The van der Waals surface area contributed by atoms with Crippen LogP contribution in [0.5, 0.6) is 5.75 Å². The van der Waals surface area contributed by atoms with Crippen LogP contribution in [0.15, 0.2) is 66.7 Å². The molecule has 0 saturated carbocycles. The molecule has 3 aromatic carbocycles. The lowest BCUT2D eigenvalue weighted by Crippen LogP contribution is -2.51. The van der Waals surface area contributed by atoms with Crippen LogP contribution in [0.2, 0.25) is 10.0 Å². The van der Waals surface area contributed by atoms with E-state index < -0.39 is 6.04 Å². The van der Waals surface area contributed by atoms with Gasteiger partial charge in [-0.15, -0.1) is 0 Å². The van der Waals surface area contributed by atoms with Crippen LogP contribution in [-0.4, -0.2) is 35.9 Å². The number of ether oxygens (including phenoxy) is 1. The molecule has 0 aliphatic carbocycles. The number of aryl methyl sites for hydroxylation is 1. The predicted molar refractivity (Wildman–Crippen MR) is 141 cm³/mol. The highest BCUT2D eigenvalue weighted by Gasteiger charge is 2.31. The van der Waals surface area contributed by atoms with Gasteiger partial charge in [0.05, 0.1) is 0 Å². The van der Waals surface area contributed by atoms with E-state index in [0.717, 1.165) is 16.7 Å². The summed E-state index contributed by atoms with van der Waals surface area (Å²) in [6.07, 6.45) is 0.354. The van der Waals surface area contributed by atoms with Crippen LogP contribution < -0.4 is 10.1 Å². The molecule has 0 aromatic heterocycles. The van der Waals surface area contributed by atoms with Gasteiger partial charge in [0.25, 0.3) is 5.91 Å². The summed E-state index contributed by atoms with van der Waals surface area (Å²) in [4.78, 5) is 28.3. The summed E-state index contributed by atoms with van der Waals surface area (Å²) in [5, 5.41) is 3.80. The van der Waals surface area contributed by atoms with Crippen LogP contribution in [0.4, 0.5) is 0 Å². The number of benzene rings is 3. The van der Waals surface area contributed by atoms with E-state index in [4.69, 9.17) is 27.9 Å². The molecule has 2 amide bonds. The summed E-state index contributed by atoms with van der Waals surface area (Å²) in [6.45, 7) is 6.17. The van der Waals surface area contributed by atoms with E-state index in [1.807, 2.05) is 69.3 Å². The van der Waals surface area contributed by atoms with Crippen molar-refractivity contribution < 1.29 is 14.3 Å². The number of amides is 2. The van der Waals surface area contributed by atoms with Gasteiger partial charge >= 0.3 is 0 Å². The van der Waals surface area contributed by atoms with Crippen molar-refractivity contribution in [3.05, 3.63) is 99.0 Å². The standard InChI is InChI=1S/C28H30Cl2N2O3/c1-4-31-28(34)25(15-21-10-6-5-7-11-21)32(17-22-13-14-23(29)16-24(22)30)27(33)18-35-26-12-8-9-19(2)20(26)3/h5-14,16,25H,4,15,17-18H2,1-3H3,(H,31,34)/t25-/m1/s1. The normalized spacial score (nSPS) is 11.6. The zero-order valence-corrected chi connectivity index (χ0v) is 21.7. The molecule has 0 heterocycles. The molecule has 3 rings (SSSR count). The third-order valence-electron chi connectivity index (χ3n) is 5.88. The van der Waals surface area contributed by atoms with Crippen LogP contribution in [0.3, 0.4) is 0 Å². The highest BCUT2D eigenvalue weighted by Crippen LogP contribution is 2.25. The maximum absolute atomic E-state index is 13.6. The summed E-state index contributed by atoms with van der Waals surface area (Å²) < 4.78 is 5.91. The Labute approximate surface area is 217 Å². The van der Waals surface area contributed by atoms with Crippen molar-refractivity contribution in [2.45, 2.75) is 39.8 Å². The molecule has 7 heteroatoms. The van der Waals surface area contributed by atoms with E-state index in [1.165, 1.54) is 4.90 Å². The second-order valence-electron chi connectivity index (χ2n) is 8.34. The van der Waals surface area contributed by atoms with Gasteiger partial charge in [-0.1, -0.05) is 71.7 Å². The van der Waals surface area contributed by atoms with Gasteiger partial charge in [0, 0.05) is 29.6 Å². The van der Waals surface area contributed by atoms with Crippen molar-refractivity contribution in [2.24, 2.45) is 0 Å². The first-order valence-electron chi connectivity index (χ1n) is 11.5. The van der Waals surface area contributed by atoms with Gasteiger partial charge in [0.1, 0.15) is 11.8 Å². The fourth-order valence-electron chi connectivity index (χ4n) is 3.78. The van der Waals surface area contributed by atoms with Crippen molar-refractivity contribution in [1.29, 1.82) is 0 Å². The number of nitrogens with one attached hydrogen (secondary N) is 1. The van der Waals surface area contributed by atoms with E-state index >= 15 is 0 Å². The van der Waals surface area contributed by atoms with Crippen LogP contribution in [-0.2, 0) is 22.6 Å². The Morgan fingerprint density at radius 1 is 1.00 bits per heavy atom. The SMILES string of the molecule is CCNC(=O)[C@@H](Cc1ccccc1)N(Cc1ccc(Cl)cc1Cl)C(=O)COc1cccc(C)c1C. The lowest BCUT2D eigenvalue weighted by Gasteiger charge is -2.31. The third-order valence-corrected chi connectivity index (χ3v) is 6.47. The maximum Gasteiger partial charge on any atom is 0.261 e. The van der Waals surface area contributed by atoms with Gasteiger partial charge < -0.3 is 15.0 Å². The Morgan fingerprint density at radius 2 is 1.74 bits per heavy atom. The smallest absolute Gasteiger partial charge is 0.261 e. The number of rotatable bonds is 10. The first-order valence-corrected chi connectivity index (χ1v) is 12.3. The molecule has 0 unspecified atom stereocenters. The average Bonchev–Trinajstić information content (AvgIpc) is 2.84. The Morgan fingerprint density at radius 3 is 2.43 bits per heavy atom. The van der Waals surface area contributed by atoms with E-state index in [2.05, 4.69) is 5.32 Å². The van der Waals surface area contributed by atoms with Gasteiger partial charge in [0.2, 0.25) is 5.91 Å². The van der Waals surface area contributed by atoms with Gasteiger partial charge in [-0.3, -0.25) is 9.59 Å². The highest BCUT2D eigenvalue weighted by atomic mass is 35.5. The van der Waals surface area contributed by atoms with Crippen molar-refractivity contribution in [1.82, 2.24) is 10.2 Å². The molecule has 0 aliphatic rings. The van der Waals surface area contributed by atoms with E-state index in [1.54, 1.807) is 18.2 Å². The summed E-state index contributed by atoms with van der Waals surface area (Å²) in [5.74, 6) is 0.0890. The molecule has 0 fully saturated rings. The molecule has 5 nitrogen and oxygen atoms in total. The van der Waals surface area contributed by atoms with E-state index in [9.17, 15) is 9.59 Å². The largest absolute Gasteiger partial charge is 0.483 e. The monoisotopic (exact) mass is 512 g/mol. The van der Waals surface area contributed by atoms with E-state index in [0.29, 0.717) is 34.3 Å². The summed E-state index contributed by atoms with van der Waals surface area (Å²) in [7, 11) is 0. The summed E-state index contributed by atoms with van der Waals surface area (Å²) in [5.41, 5.74) is 3.68. The first kappa shape index (κ1) is 26.6. The molecule has 0 radical (unpaired) electrons. The second-order valence-corrected chi connectivity index (χ2v) is 9.19. The van der Waals surface area contributed by atoms with Gasteiger partial charge in [-0.05, 0) is 61.2 Å². The molecule has 0 bridgehead atoms. The highest BCUT2D eigenvalue weighted by molar-refractivity contribution is 6.35. The molecule has 35 heavy (non-hydrogen) atoms. The minimum absolute atomic E-state index is 0.139. The number of carbonyl (C=O) groups excluding carboxylic acids is 2. The van der Waals surface area contributed by atoms with Crippen molar-refractivity contribution in [2.75, 3.05) is 13.2 Å². The molecule has 1 N–H and O–H groups in total. The zero-order chi connectivity index (χ0) is 25.4. The van der Waals surface area contributed by atoms with Crippen molar-refractivity contribution in [3.63, 3.8) is 0 Å². The number of hydrogen-bond donors (Lipinski definition) is 1. The lowest BCUT2D eigenvalue weighted by atomic mass is 10.0. The molecule has 0 spiro atoms. The molecule has 0 aliphatic heterocycles. The van der Waals surface area contributed by atoms with Gasteiger partial charge in [-0.2, -0.15) is 0 Å². The fourth-order valence-corrected chi connectivity index (χ4v) is 4.25. The fraction of sp³-hybridized carbons (Fsp3) is 0.286. The predicted octanol–water partition coefficient (Wildman–Crippen LogP) is 5.77. The number of likely N-dealkylation sites (N-methyl/N-ethyl adjacent to an activating group) is 1. The first-order chi connectivity index (χ1) is 16.8. The number of nitrogens with zero attached hydrogens (tertiary/aromatic N) is 1. The molecule has 1 atom stereocenters. The van der Waals surface area contributed by atoms with Gasteiger partial charge in [-0.25, -0.2) is 0 Å². The average molecular weight is 513 g/mol. The summed E-state index contributed by atoms with van der Waals surface area (Å²) >= 11 is 12.5. The van der Waals surface area contributed by atoms with Crippen LogP contribution in [0.25, 0.3) is 0 Å². The molecular formula is C28H30Cl2N2O3. The van der Waals surface area contributed by atoms with Gasteiger partial charge in [0.15, 0.2) is 6.61 Å².